The zero-order chi connectivity index (χ0) is 8.97. The van der Waals surface area contributed by atoms with Crippen LogP contribution in [-0.4, -0.2) is 7.05 Å². The highest BCUT2D eigenvalue weighted by molar-refractivity contribution is 5.24. The third-order valence-electron chi connectivity index (χ3n) is 1.62. The van der Waals surface area contributed by atoms with Gasteiger partial charge in [-0.05, 0) is 24.7 Å². The summed E-state index contributed by atoms with van der Waals surface area (Å²) in [5.41, 5.74) is 0.779. The van der Waals surface area contributed by atoms with Crippen LogP contribution in [0.3, 0.4) is 0 Å². The molecule has 1 aromatic rings. The van der Waals surface area contributed by atoms with E-state index in [0.717, 1.165) is 5.56 Å². The Morgan fingerprint density at radius 3 is 2.42 bits per heavy atom. The number of hydrogen-bond donors (Lipinski definition) is 1. The van der Waals surface area contributed by atoms with Crippen LogP contribution in [0.5, 0.6) is 0 Å². The maximum Gasteiger partial charge on any atom is 0.123 e. The van der Waals surface area contributed by atoms with E-state index in [1.807, 2.05) is 0 Å². The van der Waals surface area contributed by atoms with E-state index in [-0.39, 0.29) is 11.9 Å². The molecular formula is C9H9FN2. The van der Waals surface area contributed by atoms with Crippen molar-refractivity contribution >= 4 is 0 Å². The molecule has 0 saturated heterocycles. The topological polar surface area (TPSA) is 35.8 Å². The standard InChI is InChI=1S/C9H9FN2/c1-12-9(6-11)7-2-4-8(10)5-3-7/h2-5,9,12H,1H3/t9-/m0/s1. The average Bonchev–Trinajstić information content (AvgIpc) is 2.10. The molecule has 1 rings (SSSR count). The molecule has 0 aliphatic rings. The van der Waals surface area contributed by atoms with Gasteiger partial charge in [-0.15, -0.1) is 0 Å². The van der Waals surface area contributed by atoms with Gasteiger partial charge in [-0.25, -0.2) is 4.39 Å². The maximum absolute atomic E-state index is 12.5. The summed E-state index contributed by atoms with van der Waals surface area (Å²) in [6, 6.07) is 7.58. The molecule has 0 unspecified atom stereocenters. The molecule has 0 amide bonds. The average molecular weight is 164 g/mol. The zero-order valence-corrected chi connectivity index (χ0v) is 6.71. The van der Waals surface area contributed by atoms with Crippen molar-refractivity contribution in [1.82, 2.24) is 5.32 Å². The number of nitrogens with one attached hydrogen (secondary N) is 1. The lowest BCUT2D eigenvalue weighted by Gasteiger charge is -2.06. The Balaban J connectivity index is 2.89. The van der Waals surface area contributed by atoms with E-state index in [1.54, 1.807) is 19.2 Å². The van der Waals surface area contributed by atoms with E-state index >= 15 is 0 Å². The van der Waals surface area contributed by atoms with Gasteiger partial charge in [0.2, 0.25) is 0 Å². The smallest absolute Gasteiger partial charge is 0.123 e. The van der Waals surface area contributed by atoms with Gasteiger partial charge in [-0.2, -0.15) is 5.26 Å². The second-order valence-corrected chi connectivity index (χ2v) is 2.40. The van der Waals surface area contributed by atoms with Crippen molar-refractivity contribution < 1.29 is 4.39 Å². The predicted octanol–water partition coefficient (Wildman–Crippen LogP) is 1.61. The van der Waals surface area contributed by atoms with Gasteiger partial charge in [-0.3, -0.25) is 0 Å². The fourth-order valence-electron chi connectivity index (χ4n) is 0.961. The van der Waals surface area contributed by atoms with Gasteiger partial charge in [0.15, 0.2) is 0 Å². The molecule has 1 atom stereocenters. The number of nitrogens with zero attached hydrogens (tertiary/aromatic N) is 1. The third-order valence-corrected chi connectivity index (χ3v) is 1.62. The quantitative estimate of drug-likeness (QED) is 0.720. The van der Waals surface area contributed by atoms with Crippen molar-refractivity contribution in [1.29, 1.82) is 5.26 Å². The minimum atomic E-state index is -0.356. The van der Waals surface area contributed by atoms with Crippen LogP contribution < -0.4 is 5.32 Å². The van der Waals surface area contributed by atoms with Crippen LogP contribution in [0.15, 0.2) is 24.3 Å². The Morgan fingerprint density at radius 1 is 1.42 bits per heavy atom. The molecule has 0 aromatic heterocycles. The van der Waals surface area contributed by atoms with Crippen molar-refractivity contribution in [2.75, 3.05) is 7.05 Å². The van der Waals surface area contributed by atoms with E-state index < -0.39 is 0 Å². The zero-order valence-electron chi connectivity index (χ0n) is 6.71. The van der Waals surface area contributed by atoms with Gasteiger partial charge < -0.3 is 5.32 Å². The van der Waals surface area contributed by atoms with E-state index in [2.05, 4.69) is 11.4 Å². The third kappa shape index (κ3) is 1.80. The van der Waals surface area contributed by atoms with Gasteiger partial charge >= 0.3 is 0 Å². The summed E-state index contributed by atoms with van der Waals surface area (Å²) in [4.78, 5) is 0. The summed E-state index contributed by atoms with van der Waals surface area (Å²) in [5.74, 6) is -0.286. The summed E-state index contributed by atoms with van der Waals surface area (Å²) >= 11 is 0. The number of halogens is 1. The molecule has 0 bridgehead atoms. The largest absolute Gasteiger partial charge is 0.301 e. The Kier molecular flexibility index (Phi) is 2.78. The molecule has 0 radical (unpaired) electrons. The first kappa shape index (κ1) is 8.69. The molecule has 0 saturated carbocycles. The summed E-state index contributed by atoms with van der Waals surface area (Å²) in [5, 5.41) is 11.4. The van der Waals surface area contributed by atoms with E-state index in [0.29, 0.717) is 0 Å². The fourth-order valence-corrected chi connectivity index (χ4v) is 0.961. The van der Waals surface area contributed by atoms with Crippen LogP contribution in [0.1, 0.15) is 11.6 Å². The summed E-state index contributed by atoms with van der Waals surface area (Å²) in [7, 11) is 1.69. The first-order valence-corrected chi connectivity index (χ1v) is 3.60. The number of hydrogen-bond acceptors (Lipinski definition) is 2. The lowest BCUT2D eigenvalue weighted by Crippen LogP contribution is -2.13. The highest BCUT2D eigenvalue weighted by atomic mass is 19.1. The van der Waals surface area contributed by atoms with Crippen molar-refractivity contribution in [3.8, 4) is 6.07 Å². The highest BCUT2D eigenvalue weighted by Crippen LogP contribution is 2.11. The second-order valence-electron chi connectivity index (χ2n) is 2.40. The van der Waals surface area contributed by atoms with Crippen LogP contribution in [0.4, 0.5) is 4.39 Å². The molecule has 0 aliphatic heterocycles. The van der Waals surface area contributed by atoms with Crippen LogP contribution in [0, 0.1) is 17.1 Å². The van der Waals surface area contributed by atoms with E-state index in [1.165, 1.54) is 12.1 Å². The molecule has 62 valence electrons. The molecule has 3 heteroatoms. The summed E-state index contributed by atoms with van der Waals surface area (Å²) < 4.78 is 12.5. The Hall–Kier alpha value is -1.40. The molecule has 0 heterocycles. The Labute approximate surface area is 70.6 Å². The number of benzene rings is 1. The van der Waals surface area contributed by atoms with Crippen LogP contribution in [0.25, 0.3) is 0 Å². The van der Waals surface area contributed by atoms with Gasteiger partial charge in [0.05, 0.1) is 6.07 Å². The lowest BCUT2D eigenvalue weighted by molar-refractivity contribution is 0.625. The number of rotatable bonds is 2. The van der Waals surface area contributed by atoms with Crippen molar-refractivity contribution in [3.63, 3.8) is 0 Å². The van der Waals surface area contributed by atoms with E-state index in [9.17, 15) is 4.39 Å². The molecule has 0 spiro atoms. The minimum Gasteiger partial charge on any atom is -0.301 e. The monoisotopic (exact) mass is 164 g/mol. The predicted molar refractivity (Wildman–Crippen MR) is 43.8 cm³/mol. The van der Waals surface area contributed by atoms with Gasteiger partial charge in [0, 0.05) is 0 Å². The van der Waals surface area contributed by atoms with Gasteiger partial charge in [0.25, 0.3) is 0 Å². The first-order chi connectivity index (χ1) is 5.77. The Bertz CT molecular complexity index is 286. The van der Waals surface area contributed by atoms with Crippen LogP contribution >= 0.6 is 0 Å². The molecule has 0 fully saturated rings. The van der Waals surface area contributed by atoms with Gasteiger partial charge in [0.1, 0.15) is 11.9 Å². The van der Waals surface area contributed by atoms with Crippen molar-refractivity contribution in [2.45, 2.75) is 6.04 Å². The minimum absolute atomic E-state index is 0.286. The van der Waals surface area contributed by atoms with E-state index in [4.69, 9.17) is 5.26 Å². The molecule has 12 heavy (non-hydrogen) atoms. The molecule has 1 aromatic carbocycles. The summed E-state index contributed by atoms with van der Waals surface area (Å²) in [6.45, 7) is 0. The normalized spacial score (nSPS) is 12.1. The van der Waals surface area contributed by atoms with Crippen molar-refractivity contribution in [3.05, 3.63) is 35.6 Å². The molecule has 2 nitrogen and oxygen atoms in total. The Morgan fingerprint density at radius 2 is 2.00 bits per heavy atom. The molecule has 0 aliphatic carbocycles. The highest BCUT2D eigenvalue weighted by Gasteiger charge is 2.05. The van der Waals surface area contributed by atoms with Crippen LogP contribution in [0.2, 0.25) is 0 Å². The van der Waals surface area contributed by atoms with Gasteiger partial charge in [-0.1, -0.05) is 12.1 Å². The maximum atomic E-state index is 12.5. The molecular weight excluding hydrogens is 155 g/mol. The second kappa shape index (κ2) is 3.84. The molecule has 1 N–H and O–H groups in total. The first-order valence-electron chi connectivity index (χ1n) is 3.60. The SMILES string of the molecule is CN[C@@H](C#N)c1ccc(F)cc1. The lowest BCUT2D eigenvalue weighted by atomic mass is 10.1. The van der Waals surface area contributed by atoms with Crippen LogP contribution in [-0.2, 0) is 0 Å². The summed E-state index contributed by atoms with van der Waals surface area (Å²) in [6.07, 6.45) is 0. The number of nitriles is 1. The fraction of sp³-hybridized carbons (Fsp3) is 0.222. The van der Waals surface area contributed by atoms with Crippen molar-refractivity contribution in [2.24, 2.45) is 0 Å².